The fourth-order valence-corrected chi connectivity index (χ4v) is 4.06. The van der Waals surface area contributed by atoms with E-state index in [0.717, 1.165) is 34.2 Å². The molecular formula is C28H27F2N3O3. The fraction of sp³-hybridized carbons (Fsp3) is 0.214. The third-order valence-corrected chi connectivity index (χ3v) is 6.12. The number of carbonyl (C=O) groups is 2. The van der Waals surface area contributed by atoms with Crippen LogP contribution < -0.4 is 10.6 Å². The van der Waals surface area contributed by atoms with Crippen LogP contribution in [0.1, 0.15) is 36.6 Å². The van der Waals surface area contributed by atoms with Crippen LogP contribution in [0, 0.1) is 11.6 Å². The van der Waals surface area contributed by atoms with Crippen molar-refractivity contribution in [2.45, 2.75) is 38.5 Å². The summed E-state index contributed by atoms with van der Waals surface area (Å²) >= 11 is 0. The van der Waals surface area contributed by atoms with Crippen molar-refractivity contribution in [2.75, 3.05) is 0 Å². The van der Waals surface area contributed by atoms with Crippen molar-refractivity contribution in [3.05, 3.63) is 107 Å². The quantitative estimate of drug-likeness (QED) is 0.302. The highest BCUT2D eigenvalue weighted by molar-refractivity contribution is 5.91. The van der Waals surface area contributed by atoms with Gasteiger partial charge in [0.05, 0.1) is 6.04 Å². The number of hydrogen-bond acceptors (Lipinski definition) is 3. The topological polar surface area (TPSA) is 83.2 Å². The molecule has 2 amide bonds. The Morgan fingerprint density at radius 3 is 2.47 bits per heavy atom. The van der Waals surface area contributed by atoms with Crippen molar-refractivity contribution < 1.29 is 23.1 Å². The summed E-state index contributed by atoms with van der Waals surface area (Å²) in [6, 6.07) is 19.8. The first-order valence-corrected chi connectivity index (χ1v) is 11.5. The number of amides is 2. The van der Waals surface area contributed by atoms with Crippen molar-refractivity contribution in [1.29, 1.82) is 0 Å². The number of rotatable bonds is 8. The van der Waals surface area contributed by atoms with Crippen molar-refractivity contribution >= 4 is 22.9 Å². The van der Waals surface area contributed by atoms with Gasteiger partial charge in [0.15, 0.2) is 0 Å². The van der Waals surface area contributed by atoms with Gasteiger partial charge in [0.1, 0.15) is 23.8 Å². The molecular weight excluding hydrogens is 464 g/mol. The molecule has 3 N–H and O–H groups in total. The molecule has 8 heteroatoms. The van der Waals surface area contributed by atoms with Crippen molar-refractivity contribution in [2.24, 2.45) is 0 Å². The lowest BCUT2D eigenvalue weighted by molar-refractivity contribution is -0.127. The lowest BCUT2D eigenvalue weighted by Crippen LogP contribution is -2.58. The van der Waals surface area contributed by atoms with E-state index in [1.165, 1.54) is 6.07 Å². The molecule has 0 aliphatic rings. The number of para-hydroxylation sites is 1. The number of benzene rings is 3. The van der Waals surface area contributed by atoms with Gasteiger partial charge in [-0.15, -0.1) is 0 Å². The van der Waals surface area contributed by atoms with Gasteiger partial charge in [-0.25, -0.2) is 13.6 Å². The number of fused-ring (bicyclic) bond motifs is 1. The molecule has 0 spiro atoms. The Morgan fingerprint density at radius 1 is 1.00 bits per heavy atom. The summed E-state index contributed by atoms with van der Waals surface area (Å²) in [5.41, 5.74) is 1.27. The molecule has 0 bridgehead atoms. The number of H-pyrrole nitrogens is 1. The van der Waals surface area contributed by atoms with Gasteiger partial charge >= 0.3 is 6.09 Å². The third kappa shape index (κ3) is 5.71. The van der Waals surface area contributed by atoms with Crippen LogP contribution in [0.2, 0.25) is 0 Å². The molecule has 186 valence electrons. The molecule has 2 atom stereocenters. The van der Waals surface area contributed by atoms with E-state index in [0.29, 0.717) is 0 Å². The molecule has 36 heavy (non-hydrogen) atoms. The van der Waals surface area contributed by atoms with E-state index in [4.69, 9.17) is 4.74 Å². The Bertz CT molecular complexity index is 1370. The maximum Gasteiger partial charge on any atom is 0.408 e. The summed E-state index contributed by atoms with van der Waals surface area (Å²) in [4.78, 5) is 29.4. The van der Waals surface area contributed by atoms with Crippen LogP contribution in [0.4, 0.5) is 13.6 Å². The summed E-state index contributed by atoms with van der Waals surface area (Å²) < 4.78 is 32.3. The van der Waals surface area contributed by atoms with Crippen molar-refractivity contribution in [3.63, 3.8) is 0 Å². The van der Waals surface area contributed by atoms with E-state index in [1.807, 2.05) is 61.5 Å². The van der Waals surface area contributed by atoms with Gasteiger partial charge in [-0.1, -0.05) is 48.5 Å². The van der Waals surface area contributed by atoms with Gasteiger partial charge in [0.25, 0.3) is 0 Å². The minimum absolute atomic E-state index is 0.0204. The number of nitrogens with one attached hydrogen (secondary N) is 3. The minimum Gasteiger partial charge on any atom is -0.445 e. The Labute approximate surface area is 207 Å². The van der Waals surface area contributed by atoms with Crippen LogP contribution in [-0.4, -0.2) is 22.5 Å². The van der Waals surface area contributed by atoms with Crippen LogP contribution in [0.25, 0.3) is 10.9 Å². The first-order chi connectivity index (χ1) is 17.2. The Balaban J connectivity index is 1.54. The first kappa shape index (κ1) is 24.9. The van der Waals surface area contributed by atoms with Crippen LogP contribution in [0.5, 0.6) is 0 Å². The van der Waals surface area contributed by atoms with Crippen molar-refractivity contribution in [1.82, 2.24) is 15.6 Å². The molecule has 4 aromatic rings. The normalized spacial score (nSPS) is 13.6. The molecule has 0 saturated carbocycles. The fourth-order valence-electron chi connectivity index (χ4n) is 4.06. The smallest absolute Gasteiger partial charge is 0.408 e. The second-order valence-corrected chi connectivity index (χ2v) is 8.91. The molecule has 0 radical (unpaired) electrons. The molecule has 1 aromatic heterocycles. The van der Waals surface area contributed by atoms with Crippen LogP contribution in [0.15, 0.2) is 79.0 Å². The summed E-state index contributed by atoms with van der Waals surface area (Å²) in [5.74, 6) is -1.95. The zero-order valence-electron chi connectivity index (χ0n) is 20.0. The predicted octanol–water partition coefficient (Wildman–Crippen LogP) is 5.55. The van der Waals surface area contributed by atoms with E-state index in [1.54, 1.807) is 13.1 Å². The summed E-state index contributed by atoms with van der Waals surface area (Å²) in [5, 5.41) is 6.57. The summed E-state index contributed by atoms with van der Waals surface area (Å²) in [6.07, 6.45) is 1.07. The van der Waals surface area contributed by atoms with Crippen LogP contribution in [-0.2, 0) is 22.6 Å². The molecule has 0 saturated heterocycles. The summed E-state index contributed by atoms with van der Waals surface area (Å²) in [7, 11) is 0. The minimum atomic E-state index is -1.40. The number of ether oxygens (including phenoxy) is 1. The van der Waals surface area contributed by atoms with Gasteiger partial charge < -0.3 is 20.4 Å². The lowest BCUT2D eigenvalue weighted by Gasteiger charge is -2.31. The van der Waals surface area contributed by atoms with E-state index in [9.17, 15) is 18.4 Å². The van der Waals surface area contributed by atoms with Gasteiger partial charge in [-0.2, -0.15) is 0 Å². The monoisotopic (exact) mass is 491 g/mol. The third-order valence-electron chi connectivity index (χ3n) is 6.12. The van der Waals surface area contributed by atoms with Crippen LogP contribution in [0.3, 0.4) is 0 Å². The van der Waals surface area contributed by atoms with E-state index >= 15 is 0 Å². The maximum atomic E-state index is 14.0. The average molecular weight is 492 g/mol. The van der Waals surface area contributed by atoms with Gasteiger partial charge in [-0.05, 0) is 43.2 Å². The highest BCUT2D eigenvalue weighted by atomic mass is 19.1. The largest absolute Gasteiger partial charge is 0.445 e. The second-order valence-electron chi connectivity index (χ2n) is 8.91. The molecule has 0 aliphatic heterocycles. The Kier molecular flexibility index (Phi) is 7.33. The number of aromatic amines is 1. The number of carbonyl (C=O) groups excluding carboxylic acids is 2. The molecule has 0 aliphatic carbocycles. The van der Waals surface area contributed by atoms with Gasteiger partial charge in [0, 0.05) is 35.2 Å². The molecule has 0 fully saturated rings. The SMILES string of the molecule is C[C@H](NC(=O)[C@@](C)(Cc1c[nH]c2ccccc12)NC(=O)OCc1ccc(F)cc1F)c1ccccc1. The van der Waals surface area contributed by atoms with E-state index in [-0.39, 0.29) is 18.0 Å². The predicted molar refractivity (Wildman–Crippen MR) is 133 cm³/mol. The summed E-state index contributed by atoms with van der Waals surface area (Å²) in [6.45, 7) is 3.06. The Hall–Kier alpha value is -4.20. The van der Waals surface area contributed by atoms with Crippen LogP contribution >= 0.6 is 0 Å². The Morgan fingerprint density at radius 2 is 1.72 bits per heavy atom. The molecule has 4 rings (SSSR count). The number of aromatic nitrogens is 1. The lowest BCUT2D eigenvalue weighted by atomic mass is 9.91. The zero-order valence-corrected chi connectivity index (χ0v) is 20.0. The van der Waals surface area contributed by atoms with Gasteiger partial charge in [0.2, 0.25) is 5.91 Å². The molecule has 1 heterocycles. The number of hydrogen-bond donors (Lipinski definition) is 3. The molecule has 3 aromatic carbocycles. The molecule has 6 nitrogen and oxygen atoms in total. The average Bonchev–Trinajstić information content (AvgIpc) is 3.26. The van der Waals surface area contributed by atoms with Crippen molar-refractivity contribution in [3.8, 4) is 0 Å². The standard InChI is InChI=1S/C28H27F2N3O3/c1-18(19-8-4-3-5-9-19)32-26(34)28(2,15-21-16-31-25-11-7-6-10-23(21)25)33-27(35)36-17-20-12-13-22(29)14-24(20)30/h3-14,16,18,31H,15,17H2,1-2H3,(H,32,34)(H,33,35)/t18-,28+/m0/s1. The second kappa shape index (κ2) is 10.6. The maximum absolute atomic E-state index is 14.0. The first-order valence-electron chi connectivity index (χ1n) is 11.5. The highest BCUT2D eigenvalue weighted by Crippen LogP contribution is 2.24. The number of alkyl carbamates (subject to hydrolysis) is 1. The van der Waals surface area contributed by atoms with E-state index < -0.39 is 35.8 Å². The van der Waals surface area contributed by atoms with E-state index in [2.05, 4.69) is 15.6 Å². The number of halogens is 2. The molecule has 0 unspecified atom stereocenters. The van der Waals surface area contributed by atoms with Gasteiger partial charge in [-0.3, -0.25) is 4.79 Å². The highest BCUT2D eigenvalue weighted by Gasteiger charge is 2.37. The zero-order chi connectivity index (χ0) is 25.7.